The van der Waals surface area contributed by atoms with E-state index >= 15 is 0 Å². The average molecular weight is 190 g/mol. The summed E-state index contributed by atoms with van der Waals surface area (Å²) < 4.78 is 5.59. The predicted octanol–water partition coefficient (Wildman–Crippen LogP) is 2.46. The van der Waals surface area contributed by atoms with Gasteiger partial charge in [0.1, 0.15) is 0 Å². The average Bonchev–Trinajstić information content (AvgIpc) is 2.07. The molecule has 2 rings (SSSR count). The molecule has 0 aromatic carbocycles. The van der Waals surface area contributed by atoms with E-state index in [2.05, 4.69) is 0 Å². The topological polar surface area (TPSA) is 9.23 Å². The number of rotatable bonds is 0. The van der Waals surface area contributed by atoms with Gasteiger partial charge in [-0.15, -0.1) is 8.58 Å². The maximum atomic E-state index is 5.59. The molecular weight excluding hydrogens is 174 g/mol. The quantitative estimate of drug-likeness (QED) is 0.533. The van der Waals surface area contributed by atoms with Crippen molar-refractivity contribution in [1.29, 1.82) is 0 Å². The van der Waals surface area contributed by atoms with Gasteiger partial charge in [0, 0.05) is 8.81 Å². The Bertz CT molecular complexity index is 107. The molecule has 64 valence electrons. The van der Waals surface area contributed by atoms with E-state index in [4.69, 9.17) is 4.52 Å². The normalized spacial score (nSPS) is 43.6. The lowest BCUT2D eigenvalue weighted by atomic mass is 9.80. The fourth-order valence-corrected chi connectivity index (χ4v) is 4.87. The van der Waals surface area contributed by atoms with Gasteiger partial charge in [-0.1, -0.05) is 0 Å². The molecule has 0 radical (unpaired) electrons. The monoisotopic (exact) mass is 190 g/mol. The molecule has 0 amide bonds. The fourth-order valence-electron chi connectivity index (χ4n) is 2.02. The highest BCUT2D eigenvalue weighted by Crippen LogP contribution is 2.45. The minimum Gasteiger partial charge on any atom is -0.362 e. The zero-order valence-corrected chi connectivity index (χ0v) is 8.86. The lowest BCUT2D eigenvalue weighted by molar-refractivity contribution is 0.125. The largest absolute Gasteiger partial charge is 0.362 e. The Morgan fingerprint density at radius 1 is 1.00 bits per heavy atom. The van der Waals surface area contributed by atoms with Crippen LogP contribution in [0.25, 0.3) is 0 Å². The maximum Gasteiger partial charge on any atom is 0.0562 e. The van der Waals surface area contributed by atoms with Gasteiger partial charge in [0.05, 0.1) is 6.61 Å². The van der Waals surface area contributed by atoms with E-state index in [1.807, 2.05) is 0 Å². The van der Waals surface area contributed by atoms with Gasteiger partial charge in [0.25, 0.3) is 0 Å². The van der Waals surface area contributed by atoms with Gasteiger partial charge in [0.2, 0.25) is 0 Å². The van der Waals surface area contributed by atoms with Gasteiger partial charge in [0.15, 0.2) is 0 Å². The lowest BCUT2D eigenvalue weighted by Gasteiger charge is -2.39. The predicted molar refractivity (Wildman–Crippen MR) is 53.5 cm³/mol. The van der Waals surface area contributed by atoms with Crippen LogP contribution in [0.2, 0.25) is 0 Å². The highest BCUT2D eigenvalue weighted by Gasteiger charge is 2.33. The minimum atomic E-state index is 0.649. The van der Waals surface area contributed by atoms with E-state index in [1.54, 1.807) is 0 Å². The third kappa shape index (κ3) is 1.94. The summed E-state index contributed by atoms with van der Waals surface area (Å²) in [7, 11) is 2.05. The Morgan fingerprint density at radius 3 is 2.36 bits per heavy atom. The SMILES string of the molecule is C1CC2(CCP1)CCPOC2. The van der Waals surface area contributed by atoms with Crippen LogP contribution in [-0.2, 0) is 4.52 Å². The van der Waals surface area contributed by atoms with Crippen molar-refractivity contribution in [2.75, 3.05) is 25.1 Å². The Morgan fingerprint density at radius 2 is 1.73 bits per heavy atom. The Balaban J connectivity index is 1.94. The van der Waals surface area contributed by atoms with Gasteiger partial charge in [-0.2, -0.15) is 0 Å². The first kappa shape index (κ1) is 8.42. The van der Waals surface area contributed by atoms with E-state index < -0.39 is 0 Å². The molecule has 1 nitrogen and oxygen atoms in total. The summed E-state index contributed by atoms with van der Waals surface area (Å²) >= 11 is 0. The van der Waals surface area contributed by atoms with Crippen molar-refractivity contribution in [3.8, 4) is 0 Å². The van der Waals surface area contributed by atoms with Gasteiger partial charge >= 0.3 is 0 Å². The first-order chi connectivity index (χ1) is 5.41. The zero-order valence-electron chi connectivity index (χ0n) is 6.86. The summed E-state index contributed by atoms with van der Waals surface area (Å²) in [6, 6.07) is 0. The molecule has 1 spiro atoms. The third-order valence-corrected chi connectivity index (χ3v) is 4.91. The van der Waals surface area contributed by atoms with Crippen LogP contribution in [0.15, 0.2) is 0 Å². The molecule has 1 atom stereocenters. The van der Waals surface area contributed by atoms with Crippen LogP contribution >= 0.6 is 17.4 Å². The first-order valence-electron chi connectivity index (χ1n) is 4.47. The fraction of sp³-hybridized carbons (Fsp3) is 1.00. The summed E-state index contributed by atoms with van der Waals surface area (Å²) in [6.07, 6.45) is 8.66. The molecule has 1 unspecified atom stereocenters. The molecule has 0 aromatic rings. The molecule has 2 heterocycles. The molecule has 2 saturated heterocycles. The lowest BCUT2D eigenvalue weighted by Crippen LogP contribution is -2.33. The summed E-state index contributed by atoms with van der Waals surface area (Å²) in [5, 5.41) is 0. The Kier molecular flexibility index (Phi) is 2.82. The zero-order chi connectivity index (χ0) is 7.57. The van der Waals surface area contributed by atoms with Gasteiger partial charge in [-0.25, -0.2) is 0 Å². The summed E-state index contributed by atoms with van der Waals surface area (Å²) in [6.45, 7) is 1.08. The molecular formula is C8H16OP2. The molecule has 11 heavy (non-hydrogen) atoms. The van der Waals surface area contributed by atoms with E-state index in [0.717, 1.165) is 15.4 Å². The molecule has 0 saturated carbocycles. The van der Waals surface area contributed by atoms with E-state index in [1.165, 1.54) is 46.3 Å². The standard InChI is InChI=1S/C8H16OP2/c1-4-10-5-2-8(1)3-6-11-9-7-8/h10-11H,1-7H2. The first-order valence-corrected chi connectivity index (χ1v) is 7.00. The smallest absolute Gasteiger partial charge is 0.0562 e. The summed E-state index contributed by atoms with van der Waals surface area (Å²) in [5.41, 5.74) is 0.649. The molecule has 2 aliphatic rings. The molecule has 0 N–H and O–H groups in total. The second-order valence-corrected chi connectivity index (χ2v) is 6.26. The second-order valence-electron chi connectivity index (χ2n) is 3.68. The highest BCUT2D eigenvalue weighted by atomic mass is 31.1. The van der Waals surface area contributed by atoms with Crippen molar-refractivity contribution in [1.82, 2.24) is 0 Å². The van der Waals surface area contributed by atoms with Crippen LogP contribution in [0.1, 0.15) is 19.3 Å². The van der Waals surface area contributed by atoms with E-state index in [-0.39, 0.29) is 0 Å². The molecule has 3 heteroatoms. The molecule has 0 bridgehead atoms. The number of hydrogen-bond donors (Lipinski definition) is 0. The number of hydrogen-bond acceptors (Lipinski definition) is 1. The summed E-state index contributed by atoms with van der Waals surface area (Å²) in [5.74, 6) is 0. The molecule has 0 aromatic heterocycles. The van der Waals surface area contributed by atoms with Crippen LogP contribution in [0.5, 0.6) is 0 Å². The second kappa shape index (κ2) is 3.69. The molecule has 2 aliphatic heterocycles. The van der Waals surface area contributed by atoms with Crippen molar-refractivity contribution in [3.05, 3.63) is 0 Å². The van der Waals surface area contributed by atoms with Crippen LogP contribution in [0.3, 0.4) is 0 Å². The van der Waals surface area contributed by atoms with E-state index in [0.29, 0.717) is 5.41 Å². The van der Waals surface area contributed by atoms with Crippen LogP contribution in [0.4, 0.5) is 0 Å². The van der Waals surface area contributed by atoms with Crippen molar-refractivity contribution in [2.24, 2.45) is 5.41 Å². The van der Waals surface area contributed by atoms with Crippen molar-refractivity contribution in [2.45, 2.75) is 19.3 Å². The molecule has 2 fully saturated rings. The van der Waals surface area contributed by atoms with Crippen LogP contribution in [-0.4, -0.2) is 25.1 Å². The maximum absolute atomic E-state index is 5.59. The molecule has 0 aliphatic carbocycles. The van der Waals surface area contributed by atoms with Crippen LogP contribution in [0, 0.1) is 5.41 Å². The Hall–Kier alpha value is 0.820. The van der Waals surface area contributed by atoms with Crippen molar-refractivity contribution < 1.29 is 4.52 Å². The van der Waals surface area contributed by atoms with Crippen molar-refractivity contribution >= 4 is 17.4 Å². The Labute approximate surface area is 72.3 Å². The van der Waals surface area contributed by atoms with Crippen LogP contribution < -0.4 is 0 Å². The van der Waals surface area contributed by atoms with Crippen molar-refractivity contribution in [3.63, 3.8) is 0 Å². The van der Waals surface area contributed by atoms with Gasteiger partial charge in [-0.05, 0) is 43.2 Å². The minimum absolute atomic E-state index is 0.649. The van der Waals surface area contributed by atoms with Gasteiger partial charge in [-0.3, -0.25) is 0 Å². The highest BCUT2D eigenvalue weighted by molar-refractivity contribution is 7.38. The third-order valence-electron chi connectivity index (χ3n) is 2.90. The van der Waals surface area contributed by atoms with Gasteiger partial charge < -0.3 is 4.52 Å². The van der Waals surface area contributed by atoms with E-state index in [9.17, 15) is 0 Å². The summed E-state index contributed by atoms with van der Waals surface area (Å²) in [4.78, 5) is 0.